The van der Waals surface area contributed by atoms with Crippen LogP contribution >= 0.6 is 0 Å². The molecule has 2 N–H and O–H groups in total. The maximum Gasteiger partial charge on any atom is 0.312 e. The van der Waals surface area contributed by atoms with E-state index in [-0.39, 0.29) is 25.0 Å². The zero-order chi connectivity index (χ0) is 22.9. The van der Waals surface area contributed by atoms with Crippen LogP contribution in [0.4, 0.5) is 0 Å². The molecule has 0 aromatic heterocycles. The number of hydrogen-bond acceptors (Lipinski definition) is 6. The molecule has 3 aliphatic heterocycles. The molecule has 2 bridgehead atoms. The molecule has 3 heterocycles. The second-order valence-corrected chi connectivity index (χ2v) is 8.81. The summed E-state index contributed by atoms with van der Waals surface area (Å²) in [5.74, 6) is -2.61. The number of rotatable bonds is 9. The number of ether oxygens (including phenoxy) is 2. The van der Waals surface area contributed by atoms with Gasteiger partial charge in [0.25, 0.3) is 0 Å². The second kappa shape index (κ2) is 9.19. The minimum absolute atomic E-state index is 0.212. The average Bonchev–Trinajstić information content (AvgIpc) is 3.43. The molecule has 8 heteroatoms. The summed E-state index contributed by atoms with van der Waals surface area (Å²) in [5.41, 5.74) is -0.356. The minimum Gasteiger partial charge on any atom is -0.466 e. The van der Waals surface area contributed by atoms with Crippen LogP contribution in [-0.2, 0) is 23.9 Å². The molecular formula is C24H32N2O6. The summed E-state index contributed by atoms with van der Waals surface area (Å²) in [6.45, 7) is 4.13. The van der Waals surface area contributed by atoms with Crippen molar-refractivity contribution in [1.29, 1.82) is 0 Å². The van der Waals surface area contributed by atoms with Crippen LogP contribution in [0, 0.1) is 11.8 Å². The van der Waals surface area contributed by atoms with Gasteiger partial charge in [0.15, 0.2) is 0 Å². The number of nitrogens with one attached hydrogen (secondary N) is 1. The first kappa shape index (κ1) is 22.7. The third kappa shape index (κ3) is 3.49. The van der Waals surface area contributed by atoms with E-state index in [1.807, 2.05) is 37.3 Å². The molecule has 1 spiro atoms. The normalized spacial score (nSPS) is 31.5. The molecule has 174 valence electrons. The summed E-state index contributed by atoms with van der Waals surface area (Å²) in [6, 6.07) is 7.54. The first-order valence-corrected chi connectivity index (χ1v) is 11.6. The Morgan fingerprint density at radius 1 is 1.31 bits per heavy atom. The summed E-state index contributed by atoms with van der Waals surface area (Å²) in [6.07, 6.45) is 2.42. The van der Waals surface area contributed by atoms with Crippen LogP contribution in [0.5, 0.6) is 0 Å². The van der Waals surface area contributed by atoms with Crippen molar-refractivity contribution in [3.63, 3.8) is 0 Å². The van der Waals surface area contributed by atoms with E-state index < -0.39 is 41.6 Å². The quantitative estimate of drug-likeness (QED) is 0.443. The van der Waals surface area contributed by atoms with Crippen molar-refractivity contribution in [2.24, 2.45) is 11.8 Å². The standard InChI is InChI=1S/C24H32N2O6/c1-3-5-13-25-21(28)20-24-12-11-17(32-24)18(23(30)31-4-2)19(24)22(29)26(20)16(14-27)15-9-7-6-8-10-15/h6-10,16-20,27H,3-5,11-14H2,1-2H3,(H,25,28)/t16-,17+,18-,19-,20+,24-/m1/s1. The molecule has 32 heavy (non-hydrogen) atoms. The zero-order valence-corrected chi connectivity index (χ0v) is 18.7. The summed E-state index contributed by atoms with van der Waals surface area (Å²) in [7, 11) is 0. The van der Waals surface area contributed by atoms with Crippen molar-refractivity contribution in [3.8, 4) is 0 Å². The highest BCUT2D eigenvalue weighted by Gasteiger charge is 2.75. The van der Waals surface area contributed by atoms with Crippen LogP contribution in [-0.4, -0.2) is 65.3 Å². The predicted molar refractivity (Wildman–Crippen MR) is 115 cm³/mol. The van der Waals surface area contributed by atoms with Crippen LogP contribution in [0.1, 0.15) is 51.1 Å². The number of aliphatic hydroxyl groups excluding tert-OH is 1. The van der Waals surface area contributed by atoms with Crippen molar-refractivity contribution in [2.45, 2.75) is 63.3 Å². The van der Waals surface area contributed by atoms with Crippen LogP contribution in [0.2, 0.25) is 0 Å². The molecule has 3 aliphatic rings. The van der Waals surface area contributed by atoms with Gasteiger partial charge in [-0.1, -0.05) is 43.7 Å². The van der Waals surface area contributed by atoms with Crippen molar-refractivity contribution in [2.75, 3.05) is 19.8 Å². The molecular weight excluding hydrogens is 412 g/mol. The molecule has 1 aromatic rings. The van der Waals surface area contributed by atoms with Crippen LogP contribution in [0.3, 0.4) is 0 Å². The second-order valence-electron chi connectivity index (χ2n) is 8.81. The summed E-state index contributed by atoms with van der Waals surface area (Å²) >= 11 is 0. The molecule has 0 saturated carbocycles. The topological polar surface area (TPSA) is 105 Å². The molecule has 2 amide bonds. The van der Waals surface area contributed by atoms with Crippen LogP contribution < -0.4 is 5.32 Å². The lowest BCUT2D eigenvalue weighted by molar-refractivity contribution is -0.155. The number of carbonyl (C=O) groups excluding carboxylic acids is 3. The lowest BCUT2D eigenvalue weighted by Gasteiger charge is -2.36. The lowest BCUT2D eigenvalue weighted by atomic mass is 9.71. The first-order chi connectivity index (χ1) is 15.5. The number of carbonyl (C=O) groups is 3. The van der Waals surface area contributed by atoms with Gasteiger partial charge in [-0.3, -0.25) is 14.4 Å². The van der Waals surface area contributed by atoms with E-state index in [0.29, 0.717) is 19.4 Å². The Kier molecular flexibility index (Phi) is 6.53. The summed E-state index contributed by atoms with van der Waals surface area (Å²) in [5, 5.41) is 13.3. The van der Waals surface area contributed by atoms with Crippen LogP contribution in [0.25, 0.3) is 0 Å². The van der Waals surface area contributed by atoms with Gasteiger partial charge in [-0.15, -0.1) is 0 Å². The molecule has 3 saturated heterocycles. The Hall–Kier alpha value is -2.45. The number of esters is 1. The molecule has 4 rings (SSSR count). The van der Waals surface area contributed by atoms with Gasteiger partial charge in [-0.05, 0) is 31.7 Å². The molecule has 3 fully saturated rings. The smallest absolute Gasteiger partial charge is 0.312 e. The number of aliphatic hydroxyl groups is 1. The number of benzene rings is 1. The fourth-order valence-corrected chi connectivity index (χ4v) is 5.75. The zero-order valence-electron chi connectivity index (χ0n) is 18.7. The summed E-state index contributed by atoms with van der Waals surface area (Å²) < 4.78 is 11.6. The predicted octanol–water partition coefficient (Wildman–Crippen LogP) is 1.57. The third-order valence-corrected chi connectivity index (χ3v) is 7.07. The van der Waals surface area contributed by atoms with Gasteiger partial charge in [0.2, 0.25) is 11.8 Å². The van der Waals surface area contributed by atoms with Crippen molar-refractivity contribution in [1.82, 2.24) is 10.2 Å². The lowest BCUT2D eigenvalue weighted by Crippen LogP contribution is -2.56. The van der Waals surface area contributed by atoms with Crippen LogP contribution in [0.15, 0.2) is 30.3 Å². The van der Waals surface area contributed by atoms with Gasteiger partial charge >= 0.3 is 5.97 Å². The maximum atomic E-state index is 13.9. The molecule has 0 unspecified atom stereocenters. The Labute approximate surface area is 188 Å². The largest absolute Gasteiger partial charge is 0.466 e. The van der Waals surface area contributed by atoms with Crippen molar-refractivity contribution in [3.05, 3.63) is 35.9 Å². The van der Waals surface area contributed by atoms with E-state index in [2.05, 4.69) is 5.32 Å². The van der Waals surface area contributed by atoms with Gasteiger partial charge in [-0.2, -0.15) is 0 Å². The van der Waals surface area contributed by atoms with Gasteiger partial charge in [0, 0.05) is 6.54 Å². The van der Waals surface area contributed by atoms with Crippen molar-refractivity contribution < 1.29 is 29.0 Å². The summed E-state index contributed by atoms with van der Waals surface area (Å²) in [4.78, 5) is 41.6. The van der Waals surface area contributed by atoms with E-state index in [0.717, 1.165) is 18.4 Å². The molecule has 1 aromatic carbocycles. The first-order valence-electron chi connectivity index (χ1n) is 11.6. The average molecular weight is 445 g/mol. The number of amides is 2. The number of unbranched alkanes of at least 4 members (excludes halogenated alkanes) is 1. The highest BCUT2D eigenvalue weighted by Crippen LogP contribution is 2.59. The minimum atomic E-state index is -1.09. The molecule has 0 aliphatic carbocycles. The Morgan fingerprint density at radius 3 is 2.72 bits per heavy atom. The fraction of sp³-hybridized carbons (Fsp3) is 0.625. The fourth-order valence-electron chi connectivity index (χ4n) is 5.75. The van der Waals surface area contributed by atoms with Gasteiger partial charge in [0.05, 0.1) is 37.2 Å². The van der Waals surface area contributed by atoms with Gasteiger partial charge in [0.1, 0.15) is 11.6 Å². The molecule has 8 nitrogen and oxygen atoms in total. The molecule has 6 atom stereocenters. The Balaban J connectivity index is 1.75. The van der Waals surface area contributed by atoms with Gasteiger partial charge in [-0.25, -0.2) is 0 Å². The molecule has 0 radical (unpaired) electrons. The highest BCUT2D eigenvalue weighted by atomic mass is 16.6. The van der Waals surface area contributed by atoms with E-state index in [4.69, 9.17) is 9.47 Å². The Bertz CT molecular complexity index is 861. The number of hydrogen-bond donors (Lipinski definition) is 2. The SMILES string of the molecule is CCCCNC(=O)[C@@H]1N([C@H](CO)c2ccccc2)C(=O)[C@H]2[C@H](C(=O)OCC)[C@@H]3CC[C@]12O3. The van der Waals surface area contributed by atoms with E-state index in [1.165, 1.54) is 4.90 Å². The van der Waals surface area contributed by atoms with E-state index >= 15 is 0 Å². The van der Waals surface area contributed by atoms with Crippen molar-refractivity contribution >= 4 is 17.8 Å². The number of nitrogens with zero attached hydrogens (tertiary/aromatic N) is 1. The number of fused-ring (bicyclic) bond motifs is 1. The monoisotopic (exact) mass is 444 g/mol. The third-order valence-electron chi connectivity index (χ3n) is 7.07. The van der Waals surface area contributed by atoms with Gasteiger partial charge < -0.3 is 24.8 Å². The highest BCUT2D eigenvalue weighted by molar-refractivity contribution is 5.98. The van der Waals surface area contributed by atoms with E-state index in [1.54, 1.807) is 6.92 Å². The number of likely N-dealkylation sites (tertiary alicyclic amines) is 1. The maximum absolute atomic E-state index is 13.9. The Morgan fingerprint density at radius 2 is 2.06 bits per heavy atom. The van der Waals surface area contributed by atoms with E-state index in [9.17, 15) is 19.5 Å².